The Hall–Kier alpha value is -1.48. The molecule has 0 aliphatic heterocycles. The molecule has 0 saturated carbocycles. The van der Waals surface area contributed by atoms with Crippen molar-refractivity contribution in [1.82, 2.24) is 4.98 Å². The van der Waals surface area contributed by atoms with E-state index in [1.165, 1.54) is 11.3 Å². The molecule has 1 aromatic heterocycles. The molecule has 1 heterocycles. The third-order valence-electron chi connectivity index (χ3n) is 1.80. The molecule has 0 saturated heterocycles. The van der Waals surface area contributed by atoms with Gasteiger partial charge in [-0.2, -0.15) is 0 Å². The van der Waals surface area contributed by atoms with Gasteiger partial charge in [-0.05, 0) is 0 Å². The topological polar surface area (TPSA) is 30.0 Å². The Kier molecular flexibility index (Phi) is 2.19. The number of rotatable bonds is 2. The normalized spacial score (nSPS) is 9.85. The SMILES string of the molecule is O=Cc1ccccc1-c1cscn1. The van der Waals surface area contributed by atoms with E-state index in [1.54, 1.807) is 11.6 Å². The van der Waals surface area contributed by atoms with Crippen molar-refractivity contribution in [3.8, 4) is 11.3 Å². The van der Waals surface area contributed by atoms with E-state index in [9.17, 15) is 4.79 Å². The van der Waals surface area contributed by atoms with Crippen molar-refractivity contribution < 1.29 is 4.79 Å². The summed E-state index contributed by atoms with van der Waals surface area (Å²) in [4.78, 5) is 14.9. The molecule has 0 atom stereocenters. The summed E-state index contributed by atoms with van der Waals surface area (Å²) in [5.41, 5.74) is 4.22. The first kappa shape index (κ1) is 8.13. The van der Waals surface area contributed by atoms with Crippen LogP contribution in [0.3, 0.4) is 0 Å². The average Bonchev–Trinajstić information content (AvgIpc) is 2.70. The number of aromatic nitrogens is 1. The maximum absolute atomic E-state index is 10.7. The van der Waals surface area contributed by atoms with Crippen LogP contribution in [0.5, 0.6) is 0 Å². The van der Waals surface area contributed by atoms with Crippen molar-refractivity contribution in [1.29, 1.82) is 0 Å². The smallest absolute Gasteiger partial charge is 0.150 e. The Morgan fingerprint density at radius 3 is 2.85 bits per heavy atom. The van der Waals surface area contributed by atoms with Crippen LogP contribution < -0.4 is 0 Å². The van der Waals surface area contributed by atoms with Gasteiger partial charge in [0.25, 0.3) is 0 Å². The molecule has 0 N–H and O–H groups in total. The Morgan fingerprint density at radius 2 is 2.15 bits per heavy atom. The first-order valence-electron chi connectivity index (χ1n) is 3.84. The minimum Gasteiger partial charge on any atom is -0.298 e. The maximum Gasteiger partial charge on any atom is 0.150 e. The van der Waals surface area contributed by atoms with Crippen molar-refractivity contribution in [3.05, 3.63) is 40.7 Å². The standard InChI is InChI=1S/C10H7NOS/c12-5-8-3-1-2-4-9(8)10-6-13-7-11-10/h1-7H. The van der Waals surface area contributed by atoms with E-state index in [2.05, 4.69) is 4.98 Å². The lowest BCUT2D eigenvalue weighted by Crippen LogP contribution is -1.85. The second-order valence-corrected chi connectivity index (χ2v) is 3.30. The fraction of sp³-hybridized carbons (Fsp3) is 0. The zero-order valence-corrected chi connectivity index (χ0v) is 7.62. The maximum atomic E-state index is 10.7. The van der Waals surface area contributed by atoms with Gasteiger partial charge in [-0.1, -0.05) is 24.3 Å². The van der Waals surface area contributed by atoms with Crippen LogP contribution in [0.2, 0.25) is 0 Å². The lowest BCUT2D eigenvalue weighted by atomic mass is 10.1. The van der Waals surface area contributed by atoms with Crippen LogP contribution in [0, 0.1) is 0 Å². The molecule has 0 bridgehead atoms. The Morgan fingerprint density at radius 1 is 1.31 bits per heavy atom. The lowest BCUT2D eigenvalue weighted by Gasteiger charge is -1.98. The summed E-state index contributed by atoms with van der Waals surface area (Å²) < 4.78 is 0. The molecule has 0 amide bonds. The number of carbonyl (C=O) groups is 1. The summed E-state index contributed by atoms with van der Waals surface area (Å²) in [6, 6.07) is 7.45. The fourth-order valence-electron chi connectivity index (χ4n) is 1.18. The van der Waals surface area contributed by atoms with E-state index in [-0.39, 0.29) is 0 Å². The third kappa shape index (κ3) is 1.51. The molecule has 0 radical (unpaired) electrons. The van der Waals surface area contributed by atoms with Gasteiger partial charge in [-0.3, -0.25) is 4.79 Å². The first-order chi connectivity index (χ1) is 6.42. The number of carbonyl (C=O) groups excluding carboxylic acids is 1. The highest BCUT2D eigenvalue weighted by molar-refractivity contribution is 7.07. The van der Waals surface area contributed by atoms with Crippen molar-refractivity contribution >= 4 is 17.6 Å². The first-order valence-corrected chi connectivity index (χ1v) is 4.79. The molecule has 1 aromatic carbocycles. The van der Waals surface area contributed by atoms with Gasteiger partial charge in [0, 0.05) is 16.5 Å². The van der Waals surface area contributed by atoms with Crippen molar-refractivity contribution in [3.63, 3.8) is 0 Å². The van der Waals surface area contributed by atoms with Crippen molar-refractivity contribution in [2.24, 2.45) is 0 Å². The molecule has 64 valence electrons. The Labute approximate surface area is 79.9 Å². The monoisotopic (exact) mass is 189 g/mol. The van der Waals surface area contributed by atoms with Gasteiger partial charge in [-0.15, -0.1) is 11.3 Å². The minimum absolute atomic E-state index is 0.688. The summed E-state index contributed by atoms with van der Waals surface area (Å²) in [5.74, 6) is 0. The highest BCUT2D eigenvalue weighted by Gasteiger charge is 2.03. The van der Waals surface area contributed by atoms with Gasteiger partial charge in [0.15, 0.2) is 6.29 Å². The van der Waals surface area contributed by atoms with Crippen LogP contribution in [0.1, 0.15) is 10.4 Å². The second-order valence-electron chi connectivity index (χ2n) is 2.58. The van der Waals surface area contributed by atoms with Gasteiger partial charge >= 0.3 is 0 Å². The molecule has 0 aliphatic rings. The molecular weight excluding hydrogens is 182 g/mol. The minimum atomic E-state index is 0.688. The van der Waals surface area contributed by atoms with Gasteiger partial charge < -0.3 is 0 Å². The molecule has 2 aromatic rings. The fourth-order valence-corrected chi connectivity index (χ4v) is 1.73. The molecule has 2 nitrogen and oxygen atoms in total. The molecule has 2 rings (SSSR count). The molecule has 0 spiro atoms. The van der Waals surface area contributed by atoms with Crippen LogP contribution in [-0.4, -0.2) is 11.3 Å². The molecule has 0 unspecified atom stereocenters. The van der Waals surface area contributed by atoms with Crippen LogP contribution >= 0.6 is 11.3 Å². The number of aldehydes is 1. The number of benzene rings is 1. The molecule has 3 heteroatoms. The Bertz CT molecular complexity index is 409. The molecular formula is C10H7NOS. The summed E-state index contributed by atoms with van der Waals surface area (Å²) in [6.07, 6.45) is 0.856. The number of nitrogens with zero attached hydrogens (tertiary/aromatic N) is 1. The van der Waals surface area contributed by atoms with E-state index >= 15 is 0 Å². The van der Waals surface area contributed by atoms with E-state index in [1.807, 2.05) is 23.6 Å². The number of hydrogen-bond acceptors (Lipinski definition) is 3. The Balaban J connectivity index is 2.57. The molecule has 13 heavy (non-hydrogen) atoms. The van der Waals surface area contributed by atoms with Crippen LogP contribution in [-0.2, 0) is 0 Å². The third-order valence-corrected chi connectivity index (χ3v) is 2.38. The number of thiazole rings is 1. The summed E-state index contributed by atoms with van der Waals surface area (Å²) in [5, 5.41) is 1.93. The second kappa shape index (κ2) is 3.49. The highest BCUT2D eigenvalue weighted by atomic mass is 32.1. The zero-order valence-electron chi connectivity index (χ0n) is 6.81. The quantitative estimate of drug-likeness (QED) is 0.680. The van der Waals surface area contributed by atoms with Crippen molar-refractivity contribution in [2.45, 2.75) is 0 Å². The highest BCUT2D eigenvalue weighted by Crippen LogP contribution is 2.21. The molecule has 0 fully saturated rings. The van der Waals surface area contributed by atoms with E-state index in [0.29, 0.717) is 5.56 Å². The lowest BCUT2D eigenvalue weighted by molar-refractivity contribution is 0.112. The van der Waals surface area contributed by atoms with Crippen LogP contribution in [0.15, 0.2) is 35.2 Å². The van der Waals surface area contributed by atoms with Gasteiger partial charge in [0.05, 0.1) is 11.2 Å². The predicted molar refractivity (Wildman–Crippen MR) is 52.9 cm³/mol. The summed E-state index contributed by atoms with van der Waals surface area (Å²) >= 11 is 1.53. The summed E-state index contributed by atoms with van der Waals surface area (Å²) in [7, 11) is 0. The van der Waals surface area contributed by atoms with Gasteiger partial charge in [0.1, 0.15) is 0 Å². The van der Waals surface area contributed by atoms with Gasteiger partial charge in [0.2, 0.25) is 0 Å². The van der Waals surface area contributed by atoms with Crippen molar-refractivity contribution in [2.75, 3.05) is 0 Å². The van der Waals surface area contributed by atoms with Gasteiger partial charge in [-0.25, -0.2) is 4.98 Å². The zero-order chi connectivity index (χ0) is 9.10. The summed E-state index contributed by atoms with van der Waals surface area (Å²) in [6.45, 7) is 0. The van der Waals surface area contributed by atoms with E-state index < -0.39 is 0 Å². The van der Waals surface area contributed by atoms with E-state index in [4.69, 9.17) is 0 Å². The number of hydrogen-bond donors (Lipinski definition) is 0. The van der Waals surface area contributed by atoms with E-state index in [0.717, 1.165) is 17.5 Å². The van der Waals surface area contributed by atoms with Crippen LogP contribution in [0.25, 0.3) is 11.3 Å². The molecule has 0 aliphatic carbocycles. The average molecular weight is 189 g/mol. The largest absolute Gasteiger partial charge is 0.298 e. The predicted octanol–water partition coefficient (Wildman–Crippen LogP) is 2.62. The van der Waals surface area contributed by atoms with Crippen LogP contribution in [0.4, 0.5) is 0 Å².